The van der Waals surface area contributed by atoms with Crippen LogP contribution in [0.25, 0.3) is 0 Å². The fraction of sp³-hybridized carbons (Fsp3) is 0.355. The van der Waals surface area contributed by atoms with Crippen molar-refractivity contribution >= 4 is 11.8 Å². The van der Waals surface area contributed by atoms with E-state index in [0.717, 1.165) is 29.5 Å². The summed E-state index contributed by atoms with van der Waals surface area (Å²) < 4.78 is 0. The molecular weight excluding hydrogens is 432 g/mol. The molecule has 0 fully saturated rings. The van der Waals surface area contributed by atoms with Gasteiger partial charge in [0, 0.05) is 19.5 Å². The first-order chi connectivity index (χ1) is 16.9. The number of carbonyl (C=O) groups excluding carboxylic acids is 2. The molecule has 4 heteroatoms. The monoisotopic (exact) mass is 470 g/mol. The summed E-state index contributed by atoms with van der Waals surface area (Å²) in [7, 11) is 0. The molecule has 35 heavy (non-hydrogen) atoms. The molecule has 2 amide bonds. The van der Waals surface area contributed by atoms with E-state index in [0.29, 0.717) is 19.5 Å². The molecule has 0 bridgehead atoms. The van der Waals surface area contributed by atoms with Crippen LogP contribution in [-0.2, 0) is 29.0 Å². The van der Waals surface area contributed by atoms with Gasteiger partial charge in [-0.3, -0.25) is 9.59 Å². The van der Waals surface area contributed by atoms with Crippen LogP contribution in [0, 0.1) is 20.8 Å². The highest BCUT2D eigenvalue weighted by Gasteiger charge is 2.30. The topological polar surface area (TPSA) is 49.4 Å². The van der Waals surface area contributed by atoms with E-state index < -0.39 is 6.04 Å². The minimum absolute atomic E-state index is 0.0413. The molecule has 1 unspecified atom stereocenters. The third kappa shape index (κ3) is 7.81. The van der Waals surface area contributed by atoms with Crippen LogP contribution < -0.4 is 5.32 Å². The molecule has 0 aliphatic rings. The van der Waals surface area contributed by atoms with Crippen LogP contribution in [0.5, 0.6) is 0 Å². The van der Waals surface area contributed by atoms with Crippen LogP contribution in [-0.4, -0.2) is 29.3 Å². The summed E-state index contributed by atoms with van der Waals surface area (Å²) in [4.78, 5) is 29.0. The van der Waals surface area contributed by atoms with Gasteiger partial charge in [0.05, 0.1) is 6.42 Å². The summed E-state index contributed by atoms with van der Waals surface area (Å²) in [6.45, 7) is 9.29. The van der Waals surface area contributed by atoms with E-state index in [1.54, 1.807) is 4.90 Å². The summed E-state index contributed by atoms with van der Waals surface area (Å²) in [6, 6.07) is 23.7. The minimum Gasteiger partial charge on any atom is -0.354 e. The Hall–Kier alpha value is -3.40. The van der Waals surface area contributed by atoms with Gasteiger partial charge in [-0.1, -0.05) is 91.7 Å². The molecule has 3 rings (SSSR count). The fourth-order valence-electron chi connectivity index (χ4n) is 4.14. The van der Waals surface area contributed by atoms with Crippen molar-refractivity contribution < 1.29 is 9.59 Å². The van der Waals surface area contributed by atoms with Gasteiger partial charge in [-0.25, -0.2) is 0 Å². The lowest BCUT2D eigenvalue weighted by Crippen LogP contribution is -2.51. The summed E-state index contributed by atoms with van der Waals surface area (Å²) in [5.74, 6) is -0.136. The molecule has 0 aromatic heterocycles. The minimum atomic E-state index is -0.588. The van der Waals surface area contributed by atoms with Crippen LogP contribution >= 0.6 is 0 Å². The van der Waals surface area contributed by atoms with Crippen molar-refractivity contribution in [2.24, 2.45) is 0 Å². The standard InChI is InChI=1S/C31H38N2O2/c1-5-6-18-32-31(35)29(20-26-10-8-7-9-11-26)33(22-27-15-12-23(2)13-16-27)30(34)21-28-17-14-24(3)25(4)19-28/h7-17,19,29H,5-6,18,20-22H2,1-4H3,(H,32,35). The van der Waals surface area contributed by atoms with Crippen LogP contribution in [0.15, 0.2) is 72.8 Å². The Bertz CT molecular complexity index is 1110. The molecule has 0 aliphatic heterocycles. The molecule has 0 spiro atoms. The number of hydrogen-bond acceptors (Lipinski definition) is 2. The van der Waals surface area contributed by atoms with E-state index in [2.05, 4.69) is 50.4 Å². The van der Waals surface area contributed by atoms with E-state index in [4.69, 9.17) is 0 Å². The zero-order chi connectivity index (χ0) is 25.2. The number of hydrogen-bond donors (Lipinski definition) is 1. The highest BCUT2D eigenvalue weighted by molar-refractivity contribution is 5.88. The van der Waals surface area contributed by atoms with Gasteiger partial charge in [0.2, 0.25) is 11.8 Å². The smallest absolute Gasteiger partial charge is 0.243 e. The van der Waals surface area contributed by atoms with E-state index in [1.807, 2.05) is 55.5 Å². The second-order valence-electron chi connectivity index (χ2n) is 9.45. The molecule has 4 nitrogen and oxygen atoms in total. The van der Waals surface area contributed by atoms with Gasteiger partial charge in [0.1, 0.15) is 6.04 Å². The van der Waals surface area contributed by atoms with Crippen molar-refractivity contribution in [3.8, 4) is 0 Å². The van der Waals surface area contributed by atoms with Gasteiger partial charge in [-0.2, -0.15) is 0 Å². The lowest BCUT2D eigenvalue weighted by molar-refractivity contribution is -0.140. The maximum absolute atomic E-state index is 13.8. The maximum atomic E-state index is 13.8. The van der Waals surface area contributed by atoms with Crippen molar-refractivity contribution in [3.63, 3.8) is 0 Å². The van der Waals surface area contributed by atoms with Crippen LogP contribution in [0.3, 0.4) is 0 Å². The van der Waals surface area contributed by atoms with Crippen molar-refractivity contribution in [1.29, 1.82) is 0 Å². The van der Waals surface area contributed by atoms with Crippen LogP contribution in [0.1, 0.15) is 53.1 Å². The second-order valence-corrected chi connectivity index (χ2v) is 9.45. The first kappa shape index (κ1) is 26.2. The zero-order valence-corrected chi connectivity index (χ0v) is 21.5. The number of amides is 2. The molecule has 1 N–H and O–H groups in total. The third-order valence-electron chi connectivity index (χ3n) is 6.50. The number of rotatable bonds is 11. The van der Waals surface area contributed by atoms with Gasteiger partial charge >= 0.3 is 0 Å². The largest absolute Gasteiger partial charge is 0.354 e. The Balaban J connectivity index is 1.94. The van der Waals surface area contributed by atoms with E-state index in [9.17, 15) is 9.59 Å². The number of nitrogens with zero attached hydrogens (tertiary/aromatic N) is 1. The summed E-state index contributed by atoms with van der Waals surface area (Å²) in [5.41, 5.74) is 6.56. The molecule has 0 saturated heterocycles. The first-order valence-corrected chi connectivity index (χ1v) is 12.6. The summed E-state index contributed by atoms with van der Waals surface area (Å²) in [6.07, 6.45) is 2.66. The molecular formula is C31H38N2O2. The third-order valence-corrected chi connectivity index (χ3v) is 6.50. The number of carbonyl (C=O) groups is 2. The Morgan fingerprint density at radius 3 is 2.17 bits per heavy atom. The van der Waals surface area contributed by atoms with Crippen molar-refractivity contribution in [2.75, 3.05) is 6.54 Å². The molecule has 3 aromatic rings. The molecule has 0 heterocycles. The van der Waals surface area contributed by atoms with Crippen molar-refractivity contribution in [2.45, 2.75) is 66.0 Å². The number of aryl methyl sites for hydroxylation is 3. The van der Waals surface area contributed by atoms with E-state index >= 15 is 0 Å². The predicted molar refractivity (Wildman–Crippen MR) is 143 cm³/mol. The quantitative estimate of drug-likeness (QED) is 0.365. The molecule has 3 aromatic carbocycles. The summed E-state index contributed by atoms with van der Waals surface area (Å²) in [5, 5.41) is 3.08. The van der Waals surface area contributed by atoms with Crippen LogP contribution in [0.2, 0.25) is 0 Å². The summed E-state index contributed by atoms with van der Waals surface area (Å²) >= 11 is 0. The molecule has 1 atom stereocenters. The van der Waals surface area contributed by atoms with Gasteiger partial charge < -0.3 is 10.2 Å². The number of unbranched alkanes of at least 4 members (excludes halogenated alkanes) is 1. The number of nitrogens with one attached hydrogen (secondary N) is 1. The Morgan fingerprint density at radius 2 is 1.51 bits per heavy atom. The lowest BCUT2D eigenvalue weighted by atomic mass is 10.00. The predicted octanol–water partition coefficient (Wildman–Crippen LogP) is 5.71. The Labute approximate surface area is 210 Å². The highest BCUT2D eigenvalue weighted by atomic mass is 16.2. The fourth-order valence-corrected chi connectivity index (χ4v) is 4.14. The lowest BCUT2D eigenvalue weighted by Gasteiger charge is -2.32. The van der Waals surface area contributed by atoms with Crippen LogP contribution in [0.4, 0.5) is 0 Å². The van der Waals surface area contributed by atoms with Crippen molar-refractivity contribution in [3.05, 3.63) is 106 Å². The van der Waals surface area contributed by atoms with Gasteiger partial charge in [-0.15, -0.1) is 0 Å². The Kier molecular flexibility index (Phi) is 9.66. The van der Waals surface area contributed by atoms with Gasteiger partial charge in [0.25, 0.3) is 0 Å². The zero-order valence-electron chi connectivity index (χ0n) is 21.5. The van der Waals surface area contributed by atoms with Gasteiger partial charge in [0.15, 0.2) is 0 Å². The molecule has 0 radical (unpaired) electrons. The van der Waals surface area contributed by atoms with Crippen molar-refractivity contribution in [1.82, 2.24) is 10.2 Å². The maximum Gasteiger partial charge on any atom is 0.243 e. The average molecular weight is 471 g/mol. The molecule has 0 aliphatic carbocycles. The molecule has 184 valence electrons. The second kappa shape index (κ2) is 12.9. The Morgan fingerprint density at radius 1 is 0.829 bits per heavy atom. The SMILES string of the molecule is CCCCNC(=O)C(Cc1ccccc1)N(Cc1ccc(C)cc1)C(=O)Cc1ccc(C)c(C)c1. The normalized spacial score (nSPS) is 11.7. The van der Waals surface area contributed by atoms with E-state index in [1.165, 1.54) is 16.7 Å². The van der Waals surface area contributed by atoms with E-state index in [-0.39, 0.29) is 18.2 Å². The van der Waals surface area contributed by atoms with Gasteiger partial charge in [-0.05, 0) is 55.0 Å². The first-order valence-electron chi connectivity index (χ1n) is 12.6. The number of benzene rings is 3. The average Bonchev–Trinajstić information content (AvgIpc) is 2.85. The molecule has 0 saturated carbocycles. The highest BCUT2D eigenvalue weighted by Crippen LogP contribution is 2.18.